The number of nitrogens with one attached hydrogen (secondary N) is 2. The van der Waals surface area contributed by atoms with Gasteiger partial charge in [0.25, 0.3) is 5.91 Å². The van der Waals surface area contributed by atoms with Gasteiger partial charge in [0.1, 0.15) is 23.7 Å². The van der Waals surface area contributed by atoms with Crippen LogP contribution < -0.4 is 5.32 Å². The molecule has 1 fully saturated rings. The smallest absolute Gasteiger partial charge is 0.416 e. The normalized spacial score (nSPS) is 18.2. The van der Waals surface area contributed by atoms with Gasteiger partial charge in [-0.1, -0.05) is 60.7 Å². The SMILES string of the molecule is CC(=O)OCC1=C(C(=O)OC(c2ccccc2)c2ccccc2)N2C(=O)[C@@H](Nc3nc4ccc(C(F)(F)F)cc4[nH]3)[C@H]2SC1. The molecule has 2 atom stereocenters. The largest absolute Gasteiger partial charge is 0.461 e. The Labute approximate surface area is 253 Å². The molecular formula is C31H25F3N4O5S. The van der Waals surface area contributed by atoms with E-state index in [-0.39, 0.29) is 29.5 Å². The number of aromatic nitrogens is 2. The topological polar surface area (TPSA) is 114 Å². The van der Waals surface area contributed by atoms with Crippen molar-refractivity contribution in [1.29, 1.82) is 0 Å². The summed E-state index contributed by atoms with van der Waals surface area (Å²) in [5.41, 5.74) is 1.49. The van der Waals surface area contributed by atoms with E-state index in [9.17, 15) is 27.6 Å². The first kappa shape index (κ1) is 29.3. The van der Waals surface area contributed by atoms with Gasteiger partial charge in [0.15, 0.2) is 6.10 Å². The molecule has 0 bridgehead atoms. The van der Waals surface area contributed by atoms with Crippen molar-refractivity contribution in [3.05, 3.63) is 107 Å². The summed E-state index contributed by atoms with van der Waals surface area (Å²) in [6.45, 7) is 1.05. The number of carbonyl (C=O) groups excluding carboxylic acids is 3. The predicted molar refractivity (Wildman–Crippen MR) is 156 cm³/mol. The van der Waals surface area contributed by atoms with E-state index < -0.39 is 47.1 Å². The molecule has 9 nitrogen and oxygen atoms in total. The van der Waals surface area contributed by atoms with E-state index in [0.29, 0.717) is 11.1 Å². The lowest BCUT2D eigenvalue weighted by atomic mass is 10.0. The fraction of sp³-hybridized carbons (Fsp3) is 0.226. The summed E-state index contributed by atoms with van der Waals surface area (Å²) in [5.74, 6) is -1.39. The predicted octanol–water partition coefficient (Wildman–Crippen LogP) is 5.43. The van der Waals surface area contributed by atoms with Crippen molar-refractivity contribution < 1.29 is 37.0 Å². The van der Waals surface area contributed by atoms with Gasteiger partial charge in [-0.3, -0.25) is 14.5 Å². The molecule has 4 aromatic rings. The van der Waals surface area contributed by atoms with Crippen LogP contribution in [0.3, 0.4) is 0 Å². The Morgan fingerprint density at radius 3 is 2.34 bits per heavy atom. The van der Waals surface area contributed by atoms with Crippen LogP contribution in [0.25, 0.3) is 11.0 Å². The van der Waals surface area contributed by atoms with Crippen LogP contribution in [0.15, 0.2) is 90.1 Å². The van der Waals surface area contributed by atoms with Gasteiger partial charge in [-0.25, -0.2) is 9.78 Å². The molecule has 0 aliphatic carbocycles. The number of imidazole rings is 1. The summed E-state index contributed by atoms with van der Waals surface area (Å²) in [7, 11) is 0. The number of halogens is 3. The summed E-state index contributed by atoms with van der Waals surface area (Å²) in [5, 5.41) is 2.41. The maximum absolute atomic E-state index is 13.9. The Hall–Kier alpha value is -4.78. The number of anilines is 1. The Morgan fingerprint density at radius 1 is 1.07 bits per heavy atom. The van der Waals surface area contributed by atoms with Gasteiger partial charge in [-0.2, -0.15) is 13.2 Å². The molecule has 44 heavy (non-hydrogen) atoms. The number of hydrogen-bond donors (Lipinski definition) is 2. The number of thioether (sulfide) groups is 1. The minimum atomic E-state index is -4.52. The first-order valence-electron chi connectivity index (χ1n) is 13.5. The van der Waals surface area contributed by atoms with Gasteiger partial charge in [-0.05, 0) is 29.3 Å². The maximum atomic E-state index is 13.9. The average Bonchev–Trinajstić information content (AvgIpc) is 3.43. The number of fused-ring (bicyclic) bond motifs is 2. The number of alkyl halides is 3. The summed E-state index contributed by atoms with van der Waals surface area (Å²) in [6, 6.07) is 20.6. The van der Waals surface area contributed by atoms with Crippen molar-refractivity contribution in [1.82, 2.24) is 14.9 Å². The summed E-state index contributed by atoms with van der Waals surface area (Å²) in [4.78, 5) is 47.4. The van der Waals surface area contributed by atoms with Crippen molar-refractivity contribution in [2.45, 2.75) is 30.6 Å². The maximum Gasteiger partial charge on any atom is 0.416 e. The van der Waals surface area contributed by atoms with E-state index in [1.54, 1.807) is 0 Å². The van der Waals surface area contributed by atoms with E-state index in [1.165, 1.54) is 29.7 Å². The molecule has 3 aromatic carbocycles. The molecule has 0 unspecified atom stereocenters. The molecule has 3 heterocycles. The second-order valence-electron chi connectivity index (χ2n) is 10.2. The molecule has 1 amide bonds. The number of β-lactam (4-membered cyclic amide) rings is 1. The van der Waals surface area contributed by atoms with Crippen molar-refractivity contribution in [2.75, 3.05) is 17.7 Å². The Kier molecular flexibility index (Phi) is 7.80. The zero-order valence-electron chi connectivity index (χ0n) is 23.1. The van der Waals surface area contributed by atoms with Crippen LogP contribution in [-0.2, 0) is 30.0 Å². The molecular weight excluding hydrogens is 597 g/mol. The van der Waals surface area contributed by atoms with E-state index >= 15 is 0 Å². The highest BCUT2D eigenvalue weighted by Gasteiger charge is 2.54. The molecule has 1 saturated heterocycles. The van der Waals surface area contributed by atoms with Crippen LogP contribution in [0.1, 0.15) is 29.7 Å². The van der Waals surface area contributed by atoms with Crippen LogP contribution in [0.4, 0.5) is 19.1 Å². The Morgan fingerprint density at radius 2 is 1.73 bits per heavy atom. The third-order valence-corrected chi connectivity index (χ3v) is 8.56. The first-order valence-corrected chi connectivity index (χ1v) is 14.6. The zero-order valence-corrected chi connectivity index (χ0v) is 23.9. The summed E-state index contributed by atoms with van der Waals surface area (Å²) in [6.07, 6.45) is -5.29. The molecule has 2 aliphatic rings. The minimum absolute atomic E-state index is 0.00524. The van der Waals surface area contributed by atoms with Crippen LogP contribution in [-0.4, -0.2) is 56.5 Å². The standard InChI is InChI=1S/C31H25F3N4O5S/c1-17(39)42-15-20-16-44-28-24(37-30-35-22-13-12-21(31(32,33)34)14-23(22)36-30)27(40)38(28)25(20)29(41)43-26(18-8-4-2-5-9-18)19-10-6-3-7-11-19/h2-14,24,26,28H,15-16H2,1H3,(H2,35,36,37)/t24-,28-/m1/s1. The van der Waals surface area contributed by atoms with E-state index in [1.807, 2.05) is 60.7 Å². The second kappa shape index (κ2) is 11.7. The second-order valence-corrected chi connectivity index (χ2v) is 11.3. The lowest BCUT2D eigenvalue weighted by Gasteiger charge is -2.49. The number of ether oxygens (including phenoxy) is 2. The van der Waals surface area contributed by atoms with Gasteiger partial charge in [0.2, 0.25) is 5.95 Å². The summed E-state index contributed by atoms with van der Waals surface area (Å²) >= 11 is 1.34. The number of nitrogens with zero attached hydrogens (tertiary/aromatic N) is 2. The highest BCUT2D eigenvalue weighted by molar-refractivity contribution is 8.00. The third-order valence-electron chi connectivity index (χ3n) is 7.22. The molecule has 13 heteroatoms. The number of hydrogen-bond acceptors (Lipinski definition) is 8. The molecule has 0 saturated carbocycles. The molecule has 6 rings (SSSR count). The van der Waals surface area contributed by atoms with Gasteiger partial charge < -0.3 is 19.8 Å². The monoisotopic (exact) mass is 622 g/mol. The van der Waals surface area contributed by atoms with Crippen molar-refractivity contribution in [2.24, 2.45) is 0 Å². The Balaban J connectivity index is 1.27. The molecule has 2 N–H and O–H groups in total. The molecule has 226 valence electrons. The van der Waals surface area contributed by atoms with Crippen molar-refractivity contribution in [3.63, 3.8) is 0 Å². The number of aromatic amines is 1. The summed E-state index contributed by atoms with van der Waals surface area (Å²) < 4.78 is 50.8. The van der Waals surface area contributed by atoms with Crippen molar-refractivity contribution in [3.8, 4) is 0 Å². The van der Waals surface area contributed by atoms with E-state index in [2.05, 4.69) is 15.3 Å². The number of amides is 1. The lowest BCUT2D eigenvalue weighted by molar-refractivity contribution is -0.152. The molecule has 0 radical (unpaired) electrons. The quantitative estimate of drug-likeness (QED) is 0.198. The third kappa shape index (κ3) is 5.74. The first-order chi connectivity index (χ1) is 21.1. The number of benzene rings is 3. The number of rotatable bonds is 8. The number of esters is 2. The van der Waals surface area contributed by atoms with Crippen LogP contribution >= 0.6 is 11.8 Å². The molecule has 0 spiro atoms. The molecule has 1 aromatic heterocycles. The zero-order chi connectivity index (χ0) is 31.0. The van der Waals surface area contributed by atoms with Crippen molar-refractivity contribution >= 4 is 46.6 Å². The number of carbonyl (C=O) groups is 3. The van der Waals surface area contributed by atoms with Gasteiger partial charge >= 0.3 is 18.1 Å². The van der Waals surface area contributed by atoms with E-state index in [4.69, 9.17) is 9.47 Å². The average molecular weight is 623 g/mol. The fourth-order valence-corrected chi connectivity index (χ4v) is 6.45. The Bertz CT molecular complexity index is 1720. The highest BCUT2D eigenvalue weighted by atomic mass is 32.2. The van der Waals surface area contributed by atoms with Gasteiger partial charge in [0.05, 0.1) is 16.6 Å². The lowest BCUT2D eigenvalue weighted by Crippen LogP contribution is -2.68. The number of H-pyrrole nitrogens is 1. The van der Waals surface area contributed by atoms with Crippen LogP contribution in [0, 0.1) is 0 Å². The van der Waals surface area contributed by atoms with Gasteiger partial charge in [0, 0.05) is 18.2 Å². The van der Waals surface area contributed by atoms with E-state index in [0.717, 1.165) is 23.3 Å². The highest BCUT2D eigenvalue weighted by Crippen LogP contribution is 2.43. The van der Waals surface area contributed by atoms with Gasteiger partial charge in [-0.15, -0.1) is 11.8 Å². The van der Waals surface area contributed by atoms with Crippen LogP contribution in [0.2, 0.25) is 0 Å². The fourth-order valence-electron chi connectivity index (χ4n) is 5.12. The molecule has 2 aliphatic heterocycles. The minimum Gasteiger partial charge on any atom is -0.461 e. The van der Waals surface area contributed by atoms with Crippen LogP contribution in [0.5, 0.6) is 0 Å².